The lowest BCUT2D eigenvalue weighted by atomic mass is 9.30. The summed E-state index contributed by atoms with van der Waals surface area (Å²) in [6, 6.07) is 30.3. The SMILES string of the molecule is c1ccc2c(c1)cc(-c1ccc(C34CC5CC6C7CC(CC63)CC4C7C5)cc1)c1ccccc12. The highest BCUT2D eigenvalue weighted by atomic mass is 14.7. The molecule has 0 aromatic heterocycles. The lowest BCUT2D eigenvalue weighted by Crippen LogP contribution is -2.69. The van der Waals surface area contributed by atoms with Gasteiger partial charge in [-0.1, -0.05) is 72.8 Å². The fraction of sp³-hybridized carbons (Fsp3) is 0.412. The van der Waals surface area contributed by atoms with Crippen LogP contribution in [0.15, 0.2) is 78.9 Å². The molecule has 0 radical (unpaired) electrons. The van der Waals surface area contributed by atoms with Crippen LogP contribution in [0, 0.1) is 41.4 Å². The van der Waals surface area contributed by atoms with Crippen LogP contribution < -0.4 is 0 Å². The summed E-state index contributed by atoms with van der Waals surface area (Å²) in [5, 5.41) is 5.45. The lowest BCUT2D eigenvalue weighted by Gasteiger charge is -2.74. The number of fused-ring (bicyclic) bond motifs is 3. The Hall–Kier alpha value is -2.60. The number of rotatable bonds is 2. The number of hydrogen-bond donors (Lipinski definition) is 0. The fourth-order valence-corrected chi connectivity index (χ4v) is 10.8. The van der Waals surface area contributed by atoms with Crippen molar-refractivity contribution in [3.63, 3.8) is 0 Å². The van der Waals surface area contributed by atoms with Gasteiger partial charge >= 0.3 is 0 Å². The van der Waals surface area contributed by atoms with E-state index in [1.807, 2.05) is 0 Å². The topological polar surface area (TPSA) is 0 Å². The number of hydrogen-bond acceptors (Lipinski definition) is 0. The molecular weight excluding hydrogens is 408 g/mol. The molecule has 7 fully saturated rings. The highest BCUT2D eigenvalue weighted by molar-refractivity contribution is 6.13. The molecule has 0 amide bonds. The Labute approximate surface area is 202 Å². The van der Waals surface area contributed by atoms with E-state index in [1.54, 1.807) is 24.8 Å². The average Bonchev–Trinajstić information content (AvgIpc) is 2.91. The molecular formula is C34H32. The molecule has 168 valence electrons. The largest absolute Gasteiger partial charge is 0.0616 e. The van der Waals surface area contributed by atoms with Gasteiger partial charge in [0.1, 0.15) is 0 Å². The third kappa shape index (κ3) is 2.18. The minimum Gasteiger partial charge on any atom is -0.0616 e. The van der Waals surface area contributed by atoms with Gasteiger partial charge in [0.2, 0.25) is 0 Å². The summed E-state index contributed by atoms with van der Waals surface area (Å²) in [6.45, 7) is 0. The van der Waals surface area contributed by atoms with Gasteiger partial charge in [-0.05, 0) is 124 Å². The molecule has 7 aliphatic carbocycles. The lowest BCUT2D eigenvalue weighted by molar-refractivity contribution is -0.220. The molecule has 8 bridgehead atoms. The van der Waals surface area contributed by atoms with Crippen molar-refractivity contribution in [1.29, 1.82) is 0 Å². The van der Waals surface area contributed by atoms with Crippen LogP contribution in [-0.2, 0) is 5.41 Å². The van der Waals surface area contributed by atoms with Crippen molar-refractivity contribution in [3.8, 4) is 11.1 Å². The van der Waals surface area contributed by atoms with Gasteiger partial charge in [-0.15, -0.1) is 0 Å². The summed E-state index contributed by atoms with van der Waals surface area (Å²) in [7, 11) is 0. The third-order valence-corrected chi connectivity index (χ3v) is 11.6. The predicted molar refractivity (Wildman–Crippen MR) is 141 cm³/mol. The molecule has 4 atom stereocenters. The second kappa shape index (κ2) is 6.34. The third-order valence-electron chi connectivity index (χ3n) is 11.6. The summed E-state index contributed by atoms with van der Waals surface area (Å²) in [6.07, 6.45) is 9.27. The Morgan fingerprint density at radius 2 is 1.21 bits per heavy atom. The first kappa shape index (κ1) is 18.7. The summed E-state index contributed by atoms with van der Waals surface area (Å²) in [5.41, 5.74) is 4.97. The van der Waals surface area contributed by atoms with E-state index in [1.165, 1.54) is 51.9 Å². The molecule has 0 heterocycles. The van der Waals surface area contributed by atoms with E-state index in [0.29, 0.717) is 5.41 Å². The molecule has 0 aliphatic heterocycles. The van der Waals surface area contributed by atoms with Crippen LogP contribution in [0.5, 0.6) is 0 Å². The van der Waals surface area contributed by atoms with E-state index in [9.17, 15) is 0 Å². The molecule has 4 aromatic rings. The van der Waals surface area contributed by atoms with Gasteiger partial charge in [-0.25, -0.2) is 0 Å². The van der Waals surface area contributed by atoms with Crippen LogP contribution in [0.4, 0.5) is 0 Å². The average molecular weight is 441 g/mol. The molecule has 0 spiro atoms. The Morgan fingerprint density at radius 1 is 0.559 bits per heavy atom. The van der Waals surface area contributed by atoms with Crippen molar-refractivity contribution >= 4 is 21.5 Å². The zero-order valence-electron chi connectivity index (χ0n) is 19.8. The zero-order valence-corrected chi connectivity index (χ0v) is 19.8. The second-order valence-corrected chi connectivity index (χ2v) is 12.6. The molecule has 34 heavy (non-hydrogen) atoms. The van der Waals surface area contributed by atoms with Crippen molar-refractivity contribution in [3.05, 3.63) is 84.4 Å². The summed E-state index contributed by atoms with van der Waals surface area (Å²) < 4.78 is 0. The van der Waals surface area contributed by atoms with Gasteiger partial charge in [0.25, 0.3) is 0 Å². The molecule has 4 aromatic carbocycles. The van der Waals surface area contributed by atoms with Gasteiger partial charge < -0.3 is 0 Å². The standard InChI is InChI=1S/C34H32/c1-2-6-25-23(5-1)18-28(27-8-4-3-7-26(25)27)22-9-11-24(12-10-22)34-19-21-14-30-29-13-20(16-32(30)34)17-33(34)31(29)15-21/h1-12,18,20-21,29-33H,13-17,19H2. The van der Waals surface area contributed by atoms with Crippen molar-refractivity contribution in [2.24, 2.45) is 41.4 Å². The quantitative estimate of drug-likeness (QED) is 0.274. The molecule has 7 aliphatic rings. The maximum absolute atomic E-state index is 2.57. The first-order chi connectivity index (χ1) is 16.8. The van der Waals surface area contributed by atoms with E-state index in [4.69, 9.17) is 0 Å². The Balaban J connectivity index is 1.19. The predicted octanol–water partition coefficient (Wildman–Crippen LogP) is 8.62. The molecule has 11 rings (SSSR count). The maximum atomic E-state index is 2.57. The second-order valence-electron chi connectivity index (χ2n) is 12.6. The monoisotopic (exact) mass is 440 g/mol. The maximum Gasteiger partial charge on any atom is 0.00178 e. The Bertz CT molecular complexity index is 1430. The van der Waals surface area contributed by atoms with E-state index in [2.05, 4.69) is 78.9 Å². The van der Waals surface area contributed by atoms with E-state index in [-0.39, 0.29) is 0 Å². The molecule has 7 saturated carbocycles. The first-order valence-electron chi connectivity index (χ1n) is 13.8. The van der Waals surface area contributed by atoms with Crippen molar-refractivity contribution in [2.45, 2.75) is 43.9 Å². The van der Waals surface area contributed by atoms with Gasteiger partial charge in [-0.3, -0.25) is 0 Å². The zero-order chi connectivity index (χ0) is 22.0. The van der Waals surface area contributed by atoms with E-state index < -0.39 is 0 Å². The van der Waals surface area contributed by atoms with Gasteiger partial charge in [0, 0.05) is 5.41 Å². The molecule has 0 saturated heterocycles. The minimum absolute atomic E-state index is 0.508. The highest BCUT2D eigenvalue weighted by Gasteiger charge is 2.70. The Kier molecular flexibility index (Phi) is 3.48. The van der Waals surface area contributed by atoms with Crippen molar-refractivity contribution in [1.82, 2.24) is 0 Å². The molecule has 0 nitrogen and oxygen atoms in total. The molecule has 0 N–H and O–H groups in total. The highest BCUT2D eigenvalue weighted by Crippen LogP contribution is 2.76. The van der Waals surface area contributed by atoms with Gasteiger partial charge in [-0.2, -0.15) is 0 Å². The van der Waals surface area contributed by atoms with Crippen LogP contribution in [0.1, 0.15) is 44.1 Å². The number of benzene rings is 4. The summed E-state index contributed by atoms with van der Waals surface area (Å²) >= 11 is 0. The normalized spacial score (nSPS) is 38.9. The smallest absolute Gasteiger partial charge is 0.00178 e. The van der Waals surface area contributed by atoms with Gasteiger partial charge in [0.15, 0.2) is 0 Å². The summed E-state index contributed by atoms with van der Waals surface area (Å²) in [4.78, 5) is 0. The Morgan fingerprint density at radius 3 is 1.97 bits per heavy atom. The first-order valence-corrected chi connectivity index (χ1v) is 13.8. The van der Waals surface area contributed by atoms with Crippen molar-refractivity contribution in [2.75, 3.05) is 0 Å². The van der Waals surface area contributed by atoms with Crippen LogP contribution >= 0.6 is 0 Å². The van der Waals surface area contributed by atoms with Crippen LogP contribution in [0.2, 0.25) is 0 Å². The van der Waals surface area contributed by atoms with E-state index in [0.717, 1.165) is 41.4 Å². The molecule has 0 heteroatoms. The van der Waals surface area contributed by atoms with Crippen LogP contribution in [-0.4, -0.2) is 0 Å². The van der Waals surface area contributed by atoms with Crippen molar-refractivity contribution < 1.29 is 0 Å². The van der Waals surface area contributed by atoms with E-state index >= 15 is 0 Å². The minimum atomic E-state index is 0.508. The fourth-order valence-electron chi connectivity index (χ4n) is 10.8. The summed E-state index contributed by atoms with van der Waals surface area (Å²) in [5.74, 6) is 7.22. The van der Waals surface area contributed by atoms with Gasteiger partial charge in [0.05, 0.1) is 0 Å². The van der Waals surface area contributed by atoms with Crippen LogP contribution in [0.3, 0.4) is 0 Å². The van der Waals surface area contributed by atoms with Crippen LogP contribution in [0.25, 0.3) is 32.7 Å². The molecule has 4 unspecified atom stereocenters.